The first-order chi connectivity index (χ1) is 13.0. The molecule has 4 unspecified atom stereocenters. The van der Waals surface area contributed by atoms with Crippen molar-refractivity contribution in [2.45, 2.75) is 70.7 Å². The third-order valence-corrected chi connectivity index (χ3v) is 7.25. The van der Waals surface area contributed by atoms with Crippen LogP contribution in [0, 0.1) is 17.8 Å². The van der Waals surface area contributed by atoms with E-state index in [1.54, 1.807) is 0 Å². The van der Waals surface area contributed by atoms with Gasteiger partial charge in [0.2, 0.25) is 5.91 Å². The van der Waals surface area contributed by atoms with E-state index < -0.39 is 0 Å². The number of nitrogens with zero attached hydrogens (tertiary/aromatic N) is 2. The molecule has 2 saturated carbocycles. The summed E-state index contributed by atoms with van der Waals surface area (Å²) >= 11 is 1.53. The van der Waals surface area contributed by atoms with E-state index in [2.05, 4.69) is 34.4 Å². The van der Waals surface area contributed by atoms with Crippen molar-refractivity contribution >= 4 is 47.2 Å². The summed E-state index contributed by atoms with van der Waals surface area (Å²) in [5.41, 5.74) is 7.38. The first kappa shape index (κ1) is 24.8. The van der Waals surface area contributed by atoms with Crippen LogP contribution in [0.25, 0.3) is 0 Å². The molecule has 166 valence electrons. The second kappa shape index (κ2) is 10.7. The summed E-state index contributed by atoms with van der Waals surface area (Å²) in [5, 5.41) is 5.86. The number of nitrogens with one attached hydrogen (secondary N) is 1. The Bertz CT molecular complexity index is 653. The van der Waals surface area contributed by atoms with Gasteiger partial charge in [-0.2, -0.15) is 0 Å². The number of hydrogen-bond acceptors (Lipinski definition) is 6. The molecule has 9 heteroatoms. The van der Waals surface area contributed by atoms with E-state index in [1.807, 2.05) is 0 Å². The van der Waals surface area contributed by atoms with Gasteiger partial charge in [-0.05, 0) is 51.4 Å². The molecular weight excluding hydrogens is 431 g/mol. The van der Waals surface area contributed by atoms with Crippen LogP contribution in [0.3, 0.4) is 0 Å². The summed E-state index contributed by atoms with van der Waals surface area (Å²) in [5.74, 6) is 1.26. The van der Waals surface area contributed by atoms with E-state index >= 15 is 0 Å². The molecule has 3 aliphatic rings. The smallest absolute Gasteiger partial charge is 0.229 e. The zero-order valence-electron chi connectivity index (χ0n) is 17.2. The van der Waals surface area contributed by atoms with Gasteiger partial charge in [0.05, 0.1) is 17.9 Å². The van der Waals surface area contributed by atoms with Crippen LogP contribution in [0.15, 0.2) is 5.38 Å². The summed E-state index contributed by atoms with van der Waals surface area (Å²) in [4.78, 5) is 19.8. The molecule has 0 aromatic carbocycles. The molecule has 1 aromatic rings. The lowest BCUT2D eigenvalue weighted by Crippen LogP contribution is -2.48. The quantitative estimate of drug-likeness (QED) is 0.709. The number of aromatic nitrogens is 1. The number of thiazole rings is 1. The highest BCUT2D eigenvalue weighted by molar-refractivity contribution is 7.13. The molecule has 2 aliphatic carbocycles. The topological polar surface area (TPSA) is 80.5 Å². The van der Waals surface area contributed by atoms with Crippen molar-refractivity contribution in [2.24, 2.45) is 23.5 Å². The Morgan fingerprint density at radius 2 is 1.86 bits per heavy atom. The van der Waals surface area contributed by atoms with Crippen molar-refractivity contribution in [3.63, 3.8) is 0 Å². The van der Waals surface area contributed by atoms with Crippen LogP contribution in [-0.4, -0.2) is 47.1 Å². The van der Waals surface area contributed by atoms with Gasteiger partial charge in [-0.1, -0.05) is 6.42 Å². The predicted molar refractivity (Wildman–Crippen MR) is 122 cm³/mol. The fourth-order valence-electron chi connectivity index (χ4n) is 5.29. The monoisotopic (exact) mass is 464 g/mol. The molecular formula is C20H34Cl2N4O2S. The molecule has 0 spiro atoms. The van der Waals surface area contributed by atoms with E-state index in [1.165, 1.54) is 30.6 Å². The fraction of sp³-hybridized carbons (Fsp3) is 0.800. The number of nitrogens with two attached hydrogens (primary N) is 1. The molecule has 2 bridgehead atoms. The fourth-order valence-corrected chi connectivity index (χ4v) is 5.99. The zero-order chi connectivity index (χ0) is 19.0. The molecule has 4 rings (SSSR count). The predicted octanol–water partition coefficient (Wildman–Crippen LogP) is 3.69. The number of fused-ring (bicyclic) bond motifs is 2. The number of carbonyl (C=O) groups is 1. The minimum Gasteiger partial charge on any atom is -0.373 e. The third kappa shape index (κ3) is 6.05. The van der Waals surface area contributed by atoms with Gasteiger partial charge in [-0.15, -0.1) is 36.2 Å². The normalized spacial score (nSPS) is 34.6. The number of hydrogen-bond donors (Lipinski definition) is 2. The van der Waals surface area contributed by atoms with E-state index in [4.69, 9.17) is 10.5 Å². The van der Waals surface area contributed by atoms with Crippen molar-refractivity contribution < 1.29 is 9.53 Å². The van der Waals surface area contributed by atoms with Gasteiger partial charge in [-0.25, -0.2) is 4.98 Å². The number of amides is 1. The van der Waals surface area contributed by atoms with Crippen LogP contribution >= 0.6 is 36.2 Å². The van der Waals surface area contributed by atoms with E-state index in [0.29, 0.717) is 17.9 Å². The van der Waals surface area contributed by atoms with Gasteiger partial charge in [0, 0.05) is 37.0 Å². The van der Waals surface area contributed by atoms with Crippen LogP contribution in [0.4, 0.5) is 5.13 Å². The average molecular weight is 465 g/mol. The summed E-state index contributed by atoms with van der Waals surface area (Å²) < 4.78 is 5.79. The molecule has 1 amide bonds. The molecule has 1 aromatic heterocycles. The van der Waals surface area contributed by atoms with E-state index in [0.717, 1.165) is 43.3 Å². The van der Waals surface area contributed by atoms with Crippen molar-refractivity contribution in [3.8, 4) is 0 Å². The maximum absolute atomic E-state index is 12.8. The Morgan fingerprint density at radius 1 is 1.24 bits per heavy atom. The van der Waals surface area contributed by atoms with E-state index in [9.17, 15) is 4.79 Å². The summed E-state index contributed by atoms with van der Waals surface area (Å²) in [6.45, 7) is 6.89. The number of anilines is 1. The lowest BCUT2D eigenvalue weighted by atomic mass is 9.65. The zero-order valence-corrected chi connectivity index (χ0v) is 19.7. The van der Waals surface area contributed by atoms with E-state index in [-0.39, 0.29) is 48.8 Å². The Labute approximate surface area is 190 Å². The van der Waals surface area contributed by atoms with Gasteiger partial charge in [0.1, 0.15) is 0 Å². The first-order valence-corrected chi connectivity index (χ1v) is 11.2. The molecule has 3 fully saturated rings. The van der Waals surface area contributed by atoms with Gasteiger partial charge < -0.3 is 15.8 Å². The van der Waals surface area contributed by atoms with Crippen LogP contribution in [0.2, 0.25) is 0 Å². The minimum absolute atomic E-state index is 0. The molecule has 1 aliphatic heterocycles. The summed E-state index contributed by atoms with van der Waals surface area (Å²) in [6.07, 6.45) is 6.01. The minimum atomic E-state index is 0. The first-order valence-electron chi connectivity index (χ1n) is 10.4. The highest BCUT2D eigenvalue weighted by atomic mass is 35.5. The van der Waals surface area contributed by atoms with Crippen molar-refractivity contribution in [1.29, 1.82) is 0 Å². The van der Waals surface area contributed by atoms with Crippen LogP contribution in [0.1, 0.15) is 51.6 Å². The van der Waals surface area contributed by atoms with Gasteiger partial charge in [0.15, 0.2) is 5.13 Å². The highest BCUT2D eigenvalue weighted by Crippen LogP contribution is 2.42. The van der Waals surface area contributed by atoms with Crippen molar-refractivity contribution in [3.05, 3.63) is 11.1 Å². The molecule has 29 heavy (non-hydrogen) atoms. The van der Waals surface area contributed by atoms with Crippen molar-refractivity contribution in [1.82, 2.24) is 9.88 Å². The number of morpholine rings is 1. The largest absolute Gasteiger partial charge is 0.373 e. The SMILES string of the molecule is CC1CN(Cc2csc(NC(=O)C3CC4CCCC(C3)C4N)n2)CC(C)O1.Cl.Cl. The lowest BCUT2D eigenvalue weighted by molar-refractivity contribution is -0.122. The Hall–Kier alpha value is -0.440. The molecule has 3 N–H and O–H groups in total. The number of ether oxygens (including phenoxy) is 1. The maximum atomic E-state index is 12.8. The highest BCUT2D eigenvalue weighted by Gasteiger charge is 2.40. The molecule has 6 nitrogen and oxygen atoms in total. The van der Waals surface area contributed by atoms with Gasteiger partial charge in [0.25, 0.3) is 0 Å². The van der Waals surface area contributed by atoms with Crippen molar-refractivity contribution in [2.75, 3.05) is 18.4 Å². The molecule has 1 saturated heterocycles. The van der Waals surface area contributed by atoms with Gasteiger partial charge in [-0.3, -0.25) is 9.69 Å². The third-order valence-electron chi connectivity index (χ3n) is 6.45. The second-order valence-electron chi connectivity index (χ2n) is 8.78. The Balaban J connectivity index is 0.00000150. The summed E-state index contributed by atoms with van der Waals surface area (Å²) in [7, 11) is 0. The molecule has 2 heterocycles. The molecule has 0 radical (unpaired) electrons. The summed E-state index contributed by atoms with van der Waals surface area (Å²) in [6, 6.07) is 0.299. The Kier molecular flexibility index (Phi) is 9.19. The average Bonchev–Trinajstić information content (AvgIpc) is 3.00. The lowest BCUT2D eigenvalue weighted by Gasteiger charge is -2.43. The standard InChI is InChI=1S/C20H32N4O2S.2ClH/c1-12-8-24(9-13(2)26-12)10-17-11-27-20(22-17)23-19(25)16-6-14-4-3-5-15(7-16)18(14)21;;/h11-16,18H,3-10,21H2,1-2H3,(H,22,23,25);2*1H. The number of rotatable bonds is 4. The Morgan fingerprint density at radius 3 is 2.48 bits per heavy atom. The number of halogens is 2. The van der Waals surface area contributed by atoms with Crippen LogP contribution < -0.4 is 11.1 Å². The second-order valence-corrected chi connectivity index (χ2v) is 9.64. The van der Waals surface area contributed by atoms with Crippen LogP contribution in [-0.2, 0) is 16.1 Å². The maximum Gasteiger partial charge on any atom is 0.229 e. The molecule has 4 atom stereocenters. The van der Waals surface area contributed by atoms with Gasteiger partial charge >= 0.3 is 0 Å². The van der Waals surface area contributed by atoms with Crippen LogP contribution in [0.5, 0.6) is 0 Å². The number of carbonyl (C=O) groups excluding carboxylic acids is 1.